The molecule has 2 aromatic heterocycles. The van der Waals surface area contributed by atoms with Crippen LogP contribution in [0.2, 0.25) is 0 Å². The second-order valence-electron chi connectivity index (χ2n) is 8.27. The predicted molar refractivity (Wildman–Crippen MR) is 121 cm³/mol. The number of halogens is 3. The zero-order valence-electron chi connectivity index (χ0n) is 18.6. The number of nitriles is 1. The van der Waals surface area contributed by atoms with E-state index in [0.29, 0.717) is 36.4 Å². The average Bonchev–Trinajstić information content (AvgIpc) is 2.81. The van der Waals surface area contributed by atoms with Crippen molar-refractivity contribution in [1.29, 1.82) is 5.26 Å². The number of rotatable bonds is 3. The number of benzene rings is 1. The van der Waals surface area contributed by atoms with Crippen LogP contribution in [0, 0.1) is 17.9 Å². The maximum Gasteiger partial charge on any atom is 0.416 e. The third-order valence-electron chi connectivity index (χ3n) is 6.20. The quantitative estimate of drug-likeness (QED) is 0.544. The summed E-state index contributed by atoms with van der Waals surface area (Å²) in [5.41, 5.74) is 0.286. The van der Waals surface area contributed by atoms with Crippen LogP contribution in [0.4, 0.5) is 24.7 Å². The Bertz CT molecular complexity index is 1400. The molecule has 174 valence electrons. The first-order chi connectivity index (χ1) is 16.2. The standard InChI is InChI=1S/C24H21F3N6O/c1-15-13-33(11-10-32(15)14-16-6-4-5-7-18(16)24(25,26)27)22-17(12-28)23(34)31(3)19-8-9-20(29-2)30-21(19)22/h4-9,15H,10-11,13-14H2,1,3H3/t15-/m1/s1. The van der Waals surface area contributed by atoms with Gasteiger partial charge in [-0.15, -0.1) is 4.98 Å². The minimum absolute atomic E-state index is 0.0623. The summed E-state index contributed by atoms with van der Waals surface area (Å²) in [6.07, 6.45) is -4.43. The normalized spacial score (nSPS) is 16.9. The van der Waals surface area contributed by atoms with Crippen molar-refractivity contribution >= 4 is 22.5 Å². The number of hydrogen-bond acceptors (Lipinski definition) is 5. The Morgan fingerprint density at radius 1 is 1.24 bits per heavy atom. The van der Waals surface area contributed by atoms with E-state index in [0.717, 1.165) is 6.07 Å². The summed E-state index contributed by atoms with van der Waals surface area (Å²) < 4.78 is 41.6. The highest BCUT2D eigenvalue weighted by Crippen LogP contribution is 2.34. The van der Waals surface area contributed by atoms with Gasteiger partial charge >= 0.3 is 6.18 Å². The van der Waals surface area contributed by atoms with Crippen LogP contribution in [0.3, 0.4) is 0 Å². The molecule has 3 heterocycles. The van der Waals surface area contributed by atoms with Crippen molar-refractivity contribution in [2.45, 2.75) is 25.7 Å². The summed E-state index contributed by atoms with van der Waals surface area (Å²) in [7, 11) is 1.55. The number of pyridine rings is 2. The Morgan fingerprint density at radius 3 is 2.62 bits per heavy atom. The van der Waals surface area contributed by atoms with Crippen LogP contribution in [0.15, 0.2) is 41.2 Å². The Labute approximate surface area is 194 Å². The molecule has 1 saturated heterocycles. The molecule has 1 fully saturated rings. The van der Waals surface area contributed by atoms with Crippen molar-refractivity contribution in [3.63, 3.8) is 0 Å². The minimum atomic E-state index is -4.43. The number of anilines is 1. The highest BCUT2D eigenvalue weighted by molar-refractivity contribution is 5.92. The monoisotopic (exact) mass is 466 g/mol. The minimum Gasteiger partial charge on any atom is -0.364 e. The Balaban J connectivity index is 1.69. The molecule has 0 N–H and O–H groups in total. The first-order valence-electron chi connectivity index (χ1n) is 10.6. The molecule has 4 rings (SSSR count). The van der Waals surface area contributed by atoms with Gasteiger partial charge in [0, 0.05) is 39.3 Å². The predicted octanol–water partition coefficient (Wildman–Crippen LogP) is 4.09. The molecular formula is C24H21F3N6O. The molecule has 1 aliphatic rings. The Hall–Kier alpha value is -3.89. The summed E-state index contributed by atoms with van der Waals surface area (Å²) in [6, 6.07) is 10.5. The van der Waals surface area contributed by atoms with Crippen LogP contribution in [-0.2, 0) is 19.8 Å². The van der Waals surface area contributed by atoms with Gasteiger partial charge in [-0.05, 0) is 30.7 Å². The van der Waals surface area contributed by atoms with E-state index >= 15 is 0 Å². The molecule has 1 aromatic carbocycles. The average molecular weight is 466 g/mol. The van der Waals surface area contributed by atoms with Crippen molar-refractivity contribution in [2.75, 3.05) is 24.5 Å². The lowest BCUT2D eigenvalue weighted by Crippen LogP contribution is -2.52. The fraction of sp³-hybridized carbons (Fsp3) is 0.333. The van der Waals surface area contributed by atoms with Gasteiger partial charge in [-0.25, -0.2) is 0 Å². The van der Waals surface area contributed by atoms with E-state index in [1.54, 1.807) is 19.2 Å². The number of hydrogen-bond donors (Lipinski definition) is 0. The third-order valence-corrected chi connectivity index (χ3v) is 6.20. The van der Waals surface area contributed by atoms with Crippen LogP contribution >= 0.6 is 0 Å². The van der Waals surface area contributed by atoms with Gasteiger partial charge in [-0.3, -0.25) is 9.69 Å². The molecule has 0 radical (unpaired) electrons. The van der Waals surface area contributed by atoms with Gasteiger partial charge < -0.3 is 14.3 Å². The van der Waals surface area contributed by atoms with E-state index in [9.17, 15) is 23.2 Å². The molecular weight excluding hydrogens is 445 g/mol. The van der Waals surface area contributed by atoms with Gasteiger partial charge in [0.15, 0.2) is 0 Å². The van der Waals surface area contributed by atoms with E-state index in [2.05, 4.69) is 9.83 Å². The van der Waals surface area contributed by atoms with Crippen LogP contribution in [0.5, 0.6) is 0 Å². The number of nitrogens with zero attached hydrogens (tertiary/aromatic N) is 6. The summed E-state index contributed by atoms with van der Waals surface area (Å²) in [4.78, 5) is 24.4. The van der Waals surface area contributed by atoms with Crippen molar-refractivity contribution < 1.29 is 13.2 Å². The van der Waals surface area contributed by atoms with Gasteiger partial charge in [-0.1, -0.05) is 24.8 Å². The zero-order valence-corrected chi connectivity index (χ0v) is 18.6. The van der Waals surface area contributed by atoms with Crippen LogP contribution in [0.1, 0.15) is 23.6 Å². The molecule has 1 atom stereocenters. The van der Waals surface area contributed by atoms with Crippen molar-refractivity contribution in [1.82, 2.24) is 14.5 Å². The first kappa shape index (κ1) is 23.3. The Kier molecular flexibility index (Phi) is 6.03. The van der Waals surface area contributed by atoms with E-state index in [1.165, 1.54) is 22.8 Å². The number of piperazine rings is 1. The number of alkyl halides is 3. The summed E-state index contributed by atoms with van der Waals surface area (Å²) >= 11 is 0. The van der Waals surface area contributed by atoms with E-state index in [-0.39, 0.29) is 29.5 Å². The molecule has 0 aliphatic carbocycles. The number of aryl methyl sites for hydroxylation is 1. The maximum absolute atomic E-state index is 13.4. The van der Waals surface area contributed by atoms with E-state index in [4.69, 9.17) is 6.57 Å². The topological polar surface area (TPSA) is 69.5 Å². The van der Waals surface area contributed by atoms with E-state index in [1.807, 2.05) is 22.8 Å². The van der Waals surface area contributed by atoms with Gasteiger partial charge in [0.05, 0.1) is 11.1 Å². The lowest BCUT2D eigenvalue weighted by Gasteiger charge is -2.41. The fourth-order valence-corrected chi connectivity index (χ4v) is 4.44. The molecule has 0 unspecified atom stereocenters. The van der Waals surface area contributed by atoms with Crippen LogP contribution in [0.25, 0.3) is 15.9 Å². The smallest absolute Gasteiger partial charge is 0.364 e. The van der Waals surface area contributed by atoms with Gasteiger partial charge in [-0.2, -0.15) is 18.4 Å². The summed E-state index contributed by atoms with van der Waals surface area (Å²) in [5, 5.41) is 9.76. The first-order valence-corrected chi connectivity index (χ1v) is 10.6. The highest BCUT2D eigenvalue weighted by Gasteiger charge is 2.35. The number of fused-ring (bicyclic) bond motifs is 1. The molecule has 7 nitrogen and oxygen atoms in total. The molecule has 3 aromatic rings. The molecule has 34 heavy (non-hydrogen) atoms. The van der Waals surface area contributed by atoms with E-state index < -0.39 is 17.3 Å². The lowest BCUT2D eigenvalue weighted by molar-refractivity contribution is -0.138. The van der Waals surface area contributed by atoms with Gasteiger partial charge in [0.2, 0.25) is 5.52 Å². The second-order valence-corrected chi connectivity index (χ2v) is 8.27. The highest BCUT2D eigenvalue weighted by atomic mass is 19.4. The second kappa shape index (κ2) is 8.81. The molecule has 0 spiro atoms. The number of aromatic nitrogens is 2. The summed E-state index contributed by atoms with van der Waals surface area (Å²) in [6.45, 7) is 10.5. The maximum atomic E-state index is 13.4. The van der Waals surface area contributed by atoms with Crippen molar-refractivity contribution in [2.24, 2.45) is 7.05 Å². The third kappa shape index (κ3) is 4.09. The zero-order chi connectivity index (χ0) is 24.6. The van der Waals surface area contributed by atoms with Gasteiger partial charge in [0.1, 0.15) is 17.3 Å². The largest absolute Gasteiger partial charge is 0.416 e. The van der Waals surface area contributed by atoms with Crippen LogP contribution < -0.4 is 10.5 Å². The van der Waals surface area contributed by atoms with Crippen LogP contribution in [-0.4, -0.2) is 40.1 Å². The van der Waals surface area contributed by atoms with Crippen molar-refractivity contribution in [3.05, 3.63) is 74.9 Å². The molecule has 0 bridgehead atoms. The van der Waals surface area contributed by atoms with Crippen molar-refractivity contribution in [3.8, 4) is 6.07 Å². The molecule has 0 amide bonds. The molecule has 0 saturated carbocycles. The SMILES string of the molecule is [C-]#[N+]c1ccc2c(n1)c(N1CCN(Cc3ccccc3C(F)(F)F)[C@H](C)C1)c(C#N)c(=O)n2C. The summed E-state index contributed by atoms with van der Waals surface area (Å²) in [5.74, 6) is 0.145. The Morgan fingerprint density at radius 2 is 1.97 bits per heavy atom. The molecule has 10 heteroatoms. The molecule has 1 aliphatic heterocycles. The lowest BCUT2D eigenvalue weighted by atomic mass is 10.0. The van der Waals surface area contributed by atoms with Gasteiger partial charge in [0.25, 0.3) is 11.4 Å². The fourth-order valence-electron chi connectivity index (χ4n) is 4.44.